The third-order valence-corrected chi connectivity index (χ3v) is 4.65. The van der Waals surface area contributed by atoms with E-state index in [0.29, 0.717) is 0 Å². The monoisotopic (exact) mass is 254 g/mol. The molecule has 3 aromatic rings. The van der Waals surface area contributed by atoms with E-state index in [9.17, 15) is 0 Å². The number of hydrogen-bond acceptors (Lipinski definition) is 1. The molecule has 0 spiro atoms. The van der Waals surface area contributed by atoms with Crippen LogP contribution in [0.15, 0.2) is 42.5 Å². The van der Waals surface area contributed by atoms with E-state index in [0.717, 1.165) is 0 Å². The lowest BCUT2D eigenvalue weighted by Crippen LogP contribution is -1.84. The van der Waals surface area contributed by atoms with Crippen LogP contribution in [0.4, 0.5) is 0 Å². The summed E-state index contributed by atoms with van der Waals surface area (Å²) < 4.78 is 2.84. The van der Waals surface area contributed by atoms with Crippen LogP contribution < -0.4 is 0 Å². The third kappa shape index (κ3) is 2.15. The first-order valence-corrected chi connectivity index (χ1v) is 7.60. The van der Waals surface area contributed by atoms with Crippen LogP contribution in [0.25, 0.3) is 20.2 Å². The van der Waals surface area contributed by atoms with Crippen LogP contribution in [-0.2, 0) is 6.42 Å². The smallest absolute Gasteiger partial charge is 0.0358 e. The lowest BCUT2D eigenvalue weighted by Gasteiger charge is -2.00. The van der Waals surface area contributed by atoms with E-state index in [4.69, 9.17) is 0 Å². The summed E-state index contributed by atoms with van der Waals surface area (Å²) in [5, 5.41) is 2.81. The Labute approximate surface area is 112 Å². The summed E-state index contributed by atoms with van der Waals surface area (Å²) in [5.74, 6) is 0. The fraction of sp³-hybridized carbons (Fsp3) is 0.294. The van der Waals surface area contributed by atoms with Crippen molar-refractivity contribution in [2.75, 3.05) is 0 Å². The van der Waals surface area contributed by atoms with Crippen molar-refractivity contribution in [2.45, 2.75) is 32.6 Å². The summed E-state index contributed by atoms with van der Waals surface area (Å²) in [6.07, 6.45) is 5.17. The van der Waals surface area contributed by atoms with Gasteiger partial charge >= 0.3 is 0 Å². The zero-order valence-electron chi connectivity index (χ0n) is 10.8. The minimum atomic E-state index is 1.22. The molecule has 0 saturated carbocycles. The largest absolute Gasteiger partial charge is 0.135 e. The molecular weight excluding hydrogens is 236 g/mol. The standard InChI is InChI=1S/C17H18S/c1-2-3-4-7-13-10-11-15-14-8-5-6-9-16(14)18-17(15)12-13/h5-6,8-12H,2-4,7H2,1H3. The van der Waals surface area contributed by atoms with Crippen molar-refractivity contribution >= 4 is 31.5 Å². The maximum Gasteiger partial charge on any atom is 0.0358 e. The first kappa shape index (κ1) is 11.7. The fourth-order valence-electron chi connectivity index (χ4n) is 2.50. The van der Waals surface area contributed by atoms with Crippen molar-refractivity contribution < 1.29 is 0 Å². The van der Waals surface area contributed by atoms with E-state index in [1.54, 1.807) is 0 Å². The molecule has 1 heteroatoms. The van der Waals surface area contributed by atoms with Gasteiger partial charge in [-0.15, -0.1) is 11.3 Å². The van der Waals surface area contributed by atoms with Gasteiger partial charge in [-0.1, -0.05) is 50.1 Å². The Hall–Kier alpha value is -1.34. The Morgan fingerprint density at radius 3 is 2.61 bits per heavy atom. The van der Waals surface area contributed by atoms with Crippen LogP contribution >= 0.6 is 11.3 Å². The average molecular weight is 254 g/mol. The second kappa shape index (κ2) is 5.11. The molecule has 3 rings (SSSR count). The molecule has 18 heavy (non-hydrogen) atoms. The molecule has 0 radical (unpaired) electrons. The van der Waals surface area contributed by atoms with Gasteiger partial charge in [-0.05, 0) is 30.5 Å². The van der Waals surface area contributed by atoms with Gasteiger partial charge in [0.25, 0.3) is 0 Å². The summed E-state index contributed by atoms with van der Waals surface area (Å²) in [6, 6.07) is 15.7. The van der Waals surface area contributed by atoms with E-state index >= 15 is 0 Å². The van der Waals surface area contributed by atoms with Crippen LogP contribution in [0.1, 0.15) is 31.7 Å². The summed E-state index contributed by atoms with van der Waals surface area (Å²) in [6.45, 7) is 2.26. The number of unbranched alkanes of at least 4 members (excludes halogenated alkanes) is 2. The molecule has 0 saturated heterocycles. The Bertz CT molecular complexity index is 663. The van der Waals surface area contributed by atoms with Gasteiger partial charge in [0.1, 0.15) is 0 Å². The number of rotatable bonds is 4. The van der Waals surface area contributed by atoms with Crippen molar-refractivity contribution in [3.63, 3.8) is 0 Å². The van der Waals surface area contributed by atoms with Gasteiger partial charge in [-0.2, -0.15) is 0 Å². The highest BCUT2D eigenvalue weighted by atomic mass is 32.1. The SMILES string of the molecule is CCCCCc1ccc2c(c1)sc1ccccc12. The minimum absolute atomic E-state index is 1.22. The van der Waals surface area contributed by atoms with Gasteiger partial charge in [0.2, 0.25) is 0 Å². The number of benzene rings is 2. The van der Waals surface area contributed by atoms with Crippen molar-refractivity contribution in [3.8, 4) is 0 Å². The van der Waals surface area contributed by atoms with Gasteiger partial charge in [-0.3, -0.25) is 0 Å². The molecule has 0 fully saturated rings. The van der Waals surface area contributed by atoms with Crippen LogP contribution in [0, 0.1) is 0 Å². The fourth-order valence-corrected chi connectivity index (χ4v) is 3.67. The van der Waals surface area contributed by atoms with Gasteiger partial charge in [0.05, 0.1) is 0 Å². The highest BCUT2D eigenvalue weighted by Crippen LogP contribution is 2.34. The van der Waals surface area contributed by atoms with Crippen molar-refractivity contribution in [1.82, 2.24) is 0 Å². The Morgan fingerprint density at radius 2 is 1.72 bits per heavy atom. The van der Waals surface area contributed by atoms with Crippen LogP contribution in [0.2, 0.25) is 0 Å². The van der Waals surface area contributed by atoms with E-state index < -0.39 is 0 Å². The molecule has 0 aliphatic carbocycles. The quantitative estimate of drug-likeness (QED) is 0.517. The average Bonchev–Trinajstić information content (AvgIpc) is 2.76. The Kier molecular flexibility index (Phi) is 3.33. The molecule has 0 bridgehead atoms. The predicted octanol–water partition coefficient (Wildman–Crippen LogP) is 5.79. The summed E-state index contributed by atoms with van der Waals surface area (Å²) >= 11 is 1.92. The Morgan fingerprint density at radius 1 is 0.889 bits per heavy atom. The molecule has 1 aromatic heterocycles. The highest BCUT2D eigenvalue weighted by Gasteiger charge is 2.04. The molecule has 0 unspecified atom stereocenters. The van der Waals surface area contributed by atoms with Crippen LogP contribution in [-0.4, -0.2) is 0 Å². The minimum Gasteiger partial charge on any atom is -0.135 e. The molecule has 0 N–H and O–H groups in total. The molecule has 0 aliphatic heterocycles. The lowest BCUT2D eigenvalue weighted by molar-refractivity contribution is 0.718. The van der Waals surface area contributed by atoms with Crippen molar-refractivity contribution in [3.05, 3.63) is 48.0 Å². The topological polar surface area (TPSA) is 0 Å². The summed E-state index contributed by atoms with van der Waals surface area (Å²) in [5.41, 5.74) is 1.49. The summed E-state index contributed by atoms with van der Waals surface area (Å²) in [7, 11) is 0. The molecular formula is C17H18S. The van der Waals surface area contributed by atoms with Gasteiger partial charge in [-0.25, -0.2) is 0 Å². The second-order valence-electron chi connectivity index (χ2n) is 4.89. The molecule has 92 valence electrons. The van der Waals surface area contributed by atoms with Crippen LogP contribution in [0.3, 0.4) is 0 Å². The predicted molar refractivity (Wildman–Crippen MR) is 82.6 cm³/mol. The maximum absolute atomic E-state index is 2.38. The maximum atomic E-state index is 2.38. The molecule has 2 aromatic carbocycles. The zero-order valence-corrected chi connectivity index (χ0v) is 11.6. The van der Waals surface area contributed by atoms with Crippen molar-refractivity contribution in [2.24, 2.45) is 0 Å². The molecule has 0 amide bonds. The number of hydrogen-bond donors (Lipinski definition) is 0. The van der Waals surface area contributed by atoms with Crippen LogP contribution in [0.5, 0.6) is 0 Å². The van der Waals surface area contributed by atoms with Crippen molar-refractivity contribution in [1.29, 1.82) is 0 Å². The molecule has 0 atom stereocenters. The second-order valence-corrected chi connectivity index (χ2v) is 5.97. The Balaban J connectivity index is 1.99. The zero-order chi connectivity index (χ0) is 12.4. The first-order chi connectivity index (χ1) is 8.88. The first-order valence-electron chi connectivity index (χ1n) is 6.78. The number of aryl methyl sites for hydroxylation is 1. The molecule has 0 aliphatic rings. The number of fused-ring (bicyclic) bond motifs is 3. The van der Waals surface area contributed by atoms with Gasteiger partial charge < -0.3 is 0 Å². The van der Waals surface area contributed by atoms with E-state index in [2.05, 4.69) is 49.4 Å². The van der Waals surface area contributed by atoms with E-state index in [-0.39, 0.29) is 0 Å². The summed E-state index contributed by atoms with van der Waals surface area (Å²) in [4.78, 5) is 0. The number of thiophene rings is 1. The normalized spacial score (nSPS) is 11.4. The third-order valence-electron chi connectivity index (χ3n) is 3.51. The van der Waals surface area contributed by atoms with Gasteiger partial charge in [0, 0.05) is 20.2 Å². The molecule has 0 nitrogen and oxygen atoms in total. The van der Waals surface area contributed by atoms with E-state index in [1.165, 1.54) is 51.4 Å². The lowest BCUT2D eigenvalue weighted by atomic mass is 10.1. The van der Waals surface area contributed by atoms with E-state index in [1.807, 2.05) is 11.3 Å². The molecule has 1 heterocycles. The highest BCUT2D eigenvalue weighted by molar-refractivity contribution is 7.25. The van der Waals surface area contributed by atoms with Gasteiger partial charge in [0.15, 0.2) is 0 Å².